The molecule has 17 heavy (non-hydrogen) atoms. The Morgan fingerprint density at radius 3 is 2.94 bits per heavy atom. The maximum Gasteiger partial charge on any atom is 0.139 e. The van der Waals surface area contributed by atoms with E-state index < -0.39 is 6.10 Å². The fourth-order valence-corrected chi connectivity index (χ4v) is 1.69. The Morgan fingerprint density at radius 2 is 2.29 bits per heavy atom. The van der Waals surface area contributed by atoms with E-state index in [2.05, 4.69) is 26.2 Å². The lowest BCUT2D eigenvalue weighted by Gasteiger charge is -2.01. The summed E-state index contributed by atoms with van der Waals surface area (Å²) >= 11 is 3.09. The van der Waals surface area contributed by atoms with Crippen LogP contribution in [0.15, 0.2) is 28.9 Å². The molecular formula is C11H11BrFN3O. The zero-order chi connectivity index (χ0) is 12.4. The first kappa shape index (κ1) is 12.2. The van der Waals surface area contributed by atoms with Gasteiger partial charge in [-0.1, -0.05) is 5.21 Å². The number of hydrogen-bond donors (Lipinski definition) is 1. The largest absolute Gasteiger partial charge is 0.393 e. The first-order valence-corrected chi connectivity index (χ1v) is 5.90. The van der Waals surface area contributed by atoms with Crippen molar-refractivity contribution in [2.75, 3.05) is 0 Å². The molecule has 0 saturated heterocycles. The van der Waals surface area contributed by atoms with Crippen LogP contribution in [0.1, 0.15) is 12.6 Å². The molecule has 0 aliphatic heterocycles. The molecule has 6 heteroatoms. The van der Waals surface area contributed by atoms with Crippen LogP contribution in [0.2, 0.25) is 0 Å². The molecule has 90 valence electrons. The van der Waals surface area contributed by atoms with E-state index in [0.29, 0.717) is 22.3 Å². The molecule has 2 aromatic rings. The Bertz CT molecular complexity index is 527. The number of hydrogen-bond acceptors (Lipinski definition) is 3. The summed E-state index contributed by atoms with van der Waals surface area (Å²) in [7, 11) is 0. The quantitative estimate of drug-likeness (QED) is 0.944. The van der Waals surface area contributed by atoms with E-state index in [4.69, 9.17) is 0 Å². The number of aliphatic hydroxyl groups is 1. The lowest BCUT2D eigenvalue weighted by Crippen LogP contribution is -2.04. The van der Waals surface area contributed by atoms with Crippen LogP contribution in [0, 0.1) is 5.82 Å². The first-order valence-electron chi connectivity index (χ1n) is 5.11. The predicted octanol–water partition coefficient (Wildman–Crippen LogP) is 2.09. The molecule has 0 bridgehead atoms. The normalized spacial score (nSPS) is 12.7. The van der Waals surface area contributed by atoms with Crippen molar-refractivity contribution in [1.29, 1.82) is 0 Å². The molecule has 1 aromatic carbocycles. The number of aromatic nitrogens is 3. The maximum atomic E-state index is 13.3. The second-order valence-electron chi connectivity index (χ2n) is 3.81. The average molecular weight is 300 g/mol. The third-order valence-electron chi connectivity index (χ3n) is 2.21. The van der Waals surface area contributed by atoms with Crippen LogP contribution in [0.4, 0.5) is 4.39 Å². The summed E-state index contributed by atoms with van der Waals surface area (Å²) in [6, 6.07) is 4.71. The number of halogens is 2. The van der Waals surface area contributed by atoms with Crippen molar-refractivity contribution in [1.82, 2.24) is 15.0 Å². The van der Waals surface area contributed by atoms with Gasteiger partial charge in [-0.25, -0.2) is 9.07 Å². The summed E-state index contributed by atoms with van der Waals surface area (Å²) < 4.78 is 15.2. The van der Waals surface area contributed by atoms with Gasteiger partial charge >= 0.3 is 0 Å². The Hall–Kier alpha value is -1.27. The molecule has 0 radical (unpaired) electrons. The van der Waals surface area contributed by atoms with Gasteiger partial charge in [-0.2, -0.15) is 0 Å². The van der Waals surface area contributed by atoms with Crippen molar-refractivity contribution in [3.63, 3.8) is 0 Å². The number of rotatable bonds is 3. The Kier molecular flexibility index (Phi) is 3.54. The Labute approximate surface area is 106 Å². The summed E-state index contributed by atoms with van der Waals surface area (Å²) in [5, 5.41) is 17.0. The summed E-state index contributed by atoms with van der Waals surface area (Å²) in [4.78, 5) is 0. The fraction of sp³-hybridized carbons (Fsp3) is 0.273. The molecule has 1 heterocycles. The third kappa shape index (κ3) is 2.89. The van der Waals surface area contributed by atoms with E-state index in [1.54, 1.807) is 25.3 Å². The minimum absolute atomic E-state index is 0.352. The highest BCUT2D eigenvalue weighted by Gasteiger charge is 2.07. The Morgan fingerprint density at radius 1 is 1.53 bits per heavy atom. The van der Waals surface area contributed by atoms with Gasteiger partial charge in [0.05, 0.1) is 28.2 Å². The van der Waals surface area contributed by atoms with Gasteiger partial charge in [0.25, 0.3) is 0 Å². The topological polar surface area (TPSA) is 50.9 Å². The highest BCUT2D eigenvalue weighted by molar-refractivity contribution is 9.10. The van der Waals surface area contributed by atoms with Crippen LogP contribution < -0.4 is 0 Å². The number of benzene rings is 1. The van der Waals surface area contributed by atoms with E-state index in [0.717, 1.165) is 0 Å². The average Bonchev–Trinajstić information content (AvgIpc) is 2.69. The van der Waals surface area contributed by atoms with Gasteiger partial charge in [-0.05, 0) is 35.0 Å². The third-order valence-corrected chi connectivity index (χ3v) is 2.86. The summed E-state index contributed by atoms with van der Waals surface area (Å²) in [5.41, 5.74) is 1.26. The van der Waals surface area contributed by atoms with Gasteiger partial charge in [0.15, 0.2) is 0 Å². The zero-order valence-corrected chi connectivity index (χ0v) is 10.7. The monoisotopic (exact) mass is 299 g/mol. The summed E-state index contributed by atoms with van der Waals surface area (Å²) in [5.74, 6) is -0.352. The van der Waals surface area contributed by atoms with E-state index >= 15 is 0 Å². The molecule has 4 nitrogen and oxygen atoms in total. The molecule has 1 aromatic heterocycles. The zero-order valence-electron chi connectivity index (χ0n) is 9.14. The van der Waals surface area contributed by atoms with Crippen molar-refractivity contribution < 1.29 is 9.50 Å². The summed E-state index contributed by atoms with van der Waals surface area (Å²) in [6.45, 7) is 1.68. The lowest BCUT2D eigenvalue weighted by atomic mass is 10.2. The van der Waals surface area contributed by atoms with Crippen molar-refractivity contribution in [3.05, 3.63) is 40.4 Å². The molecular weight excluding hydrogens is 289 g/mol. The minimum Gasteiger partial charge on any atom is -0.393 e. The molecule has 0 aliphatic rings. The predicted molar refractivity (Wildman–Crippen MR) is 64.4 cm³/mol. The summed E-state index contributed by atoms with van der Waals surface area (Å²) in [6.07, 6.45) is 1.64. The van der Waals surface area contributed by atoms with Crippen LogP contribution in [-0.2, 0) is 6.42 Å². The van der Waals surface area contributed by atoms with Gasteiger partial charge in [-0.15, -0.1) is 5.10 Å². The molecule has 0 spiro atoms. The van der Waals surface area contributed by atoms with E-state index in [1.807, 2.05) is 0 Å². The van der Waals surface area contributed by atoms with Crippen LogP contribution in [0.5, 0.6) is 0 Å². The minimum atomic E-state index is -0.471. The molecule has 0 fully saturated rings. The first-order chi connectivity index (χ1) is 8.06. The number of nitrogens with zero attached hydrogens (tertiary/aromatic N) is 3. The van der Waals surface area contributed by atoms with Crippen LogP contribution >= 0.6 is 15.9 Å². The Balaban J connectivity index is 2.27. The van der Waals surface area contributed by atoms with Gasteiger partial charge in [0.1, 0.15) is 5.82 Å². The van der Waals surface area contributed by atoms with Gasteiger partial charge < -0.3 is 5.11 Å². The lowest BCUT2D eigenvalue weighted by molar-refractivity contribution is 0.194. The SMILES string of the molecule is CC(O)Cc1cn(-c2ccc(Br)c(F)c2)nn1. The van der Waals surface area contributed by atoms with Crippen LogP contribution in [0.3, 0.4) is 0 Å². The highest BCUT2D eigenvalue weighted by atomic mass is 79.9. The van der Waals surface area contributed by atoms with Crippen LogP contribution in [0.25, 0.3) is 5.69 Å². The van der Waals surface area contributed by atoms with Crippen molar-refractivity contribution in [3.8, 4) is 5.69 Å². The molecule has 1 N–H and O–H groups in total. The molecule has 1 unspecified atom stereocenters. The molecule has 0 amide bonds. The van der Waals surface area contributed by atoms with Gasteiger partial charge in [0.2, 0.25) is 0 Å². The maximum absolute atomic E-state index is 13.3. The smallest absolute Gasteiger partial charge is 0.139 e. The fourth-order valence-electron chi connectivity index (χ4n) is 1.45. The van der Waals surface area contributed by atoms with Gasteiger partial charge in [-0.3, -0.25) is 0 Å². The van der Waals surface area contributed by atoms with Crippen LogP contribution in [-0.4, -0.2) is 26.2 Å². The standard InChI is InChI=1S/C11H11BrFN3O/c1-7(17)4-8-6-16(15-14-8)9-2-3-10(12)11(13)5-9/h2-3,5-7,17H,4H2,1H3. The van der Waals surface area contributed by atoms with Gasteiger partial charge in [0, 0.05) is 12.5 Å². The second-order valence-corrected chi connectivity index (χ2v) is 4.66. The number of aliphatic hydroxyl groups excluding tert-OH is 1. The van der Waals surface area contributed by atoms with E-state index in [9.17, 15) is 9.50 Å². The van der Waals surface area contributed by atoms with E-state index in [1.165, 1.54) is 10.7 Å². The highest BCUT2D eigenvalue weighted by Crippen LogP contribution is 2.18. The van der Waals surface area contributed by atoms with E-state index in [-0.39, 0.29) is 5.82 Å². The molecule has 0 aliphatic carbocycles. The molecule has 2 rings (SSSR count). The molecule has 1 atom stereocenters. The van der Waals surface area contributed by atoms with Crippen molar-refractivity contribution in [2.24, 2.45) is 0 Å². The second kappa shape index (κ2) is 4.93. The van der Waals surface area contributed by atoms with Crippen molar-refractivity contribution >= 4 is 15.9 Å². The van der Waals surface area contributed by atoms with Crippen molar-refractivity contribution in [2.45, 2.75) is 19.4 Å². The molecule has 0 saturated carbocycles.